The Kier molecular flexibility index (Phi) is 2.06. The van der Waals surface area contributed by atoms with Crippen LogP contribution in [0.15, 0.2) is 22.8 Å². The summed E-state index contributed by atoms with van der Waals surface area (Å²) >= 11 is 0. The third-order valence-corrected chi connectivity index (χ3v) is 2.13. The van der Waals surface area contributed by atoms with Crippen LogP contribution in [0.25, 0.3) is 0 Å². The Hall–Kier alpha value is -1.29. The summed E-state index contributed by atoms with van der Waals surface area (Å²) in [4.78, 5) is 13.0. The molecule has 2 atom stereocenters. The Morgan fingerprint density at radius 2 is 2.69 bits per heavy atom. The van der Waals surface area contributed by atoms with Gasteiger partial charge in [-0.1, -0.05) is 0 Å². The highest BCUT2D eigenvalue weighted by Gasteiger charge is 2.41. The second-order valence-corrected chi connectivity index (χ2v) is 3.05. The molecule has 0 saturated carbocycles. The van der Waals surface area contributed by atoms with Gasteiger partial charge < -0.3 is 9.15 Å². The normalized spacial score (nSPS) is 25.6. The van der Waals surface area contributed by atoms with Crippen LogP contribution in [0.2, 0.25) is 0 Å². The predicted molar refractivity (Wildman–Crippen MR) is 44.9 cm³/mol. The smallest absolute Gasteiger partial charge is 0.324 e. The summed E-state index contributed by atoms with van der Waals surface area (Å²) in [5, 5.41) is 0. The zero-order chi connectivity index (χ0) is 9.26. The van der Waals surface area contributed by atoms with Crippen LogP contribution in [0.5, 0.6) is 0 Å². The Balaban J connectivity index is 1.84. The molecule has 1 aromatic heterocycles. The maximum atomic E-state index is 11.0. The predicted octanol–water partition coefficient (Wildman–Crippen LogP) is 0.637. The van der Waals surface area contributed by atoms with Crippen LogP contribution in [-0.2, 0) is 16.1 Å². The molecule has 0 radical (unpaired) electrons. The fraction of sp³-hybridized carbons (Fsp3) is 0.444. The molecule has 0 spiro atoms. The van der Waals surface area contributed by atoms with Gasteiger partial charge in [-0.05, 0) is 12.1 Å². The maximum Gasteiger partial charge on any atom is 0.324 e. The molecule has 1 aliphatic rings. The van der Waals surface area contributed by atoms with Crippen LogP contribution in [0.1, 0.15) is 5.76 Å². The summed E-state index contributed by atoms with van der Waals surface area (Å²) in [5.74, 6) is 0.720. The molecule has 4 nitrogen and oxygen atoms in total. The second kappa shape index (κ2) is 3.22. The largest absolute Gasteiger partial charge is 0.468 e. The van der Waals surface area contributed by atoms with Gasteiger partial charge in [0.05, 0.1) is 19.9 Å². The van der Waals surface area contributed by atoms with Crippen molar-refractivity contribution in [1.82, 2.24) is 4.90 Å². The molecular formula is C9H11NO3. The molecule has 0 N–H and O–H groups in total. The van der Waals surface area contributed by atoms with Gasteiger partial charge in [-0.2, -0.15) is 0 Å². The number of hydrogen-bond donors (Lipinski definition) is 0. The van der Waals surface area contributed by atoms with Gasteiger partial charge in [-0.3, -0.25) is 9.69 Å². The summed E-state index contributed by atoms with van der Waals surface area (Å²) in [6.45, 7) is 1.46. The summed E-state index contributed by atoms with van der Waals surface area (Å²) in [6.07, 6.45) is 1.63. The summed E-state index contributed by atoms with van der Waals surface area (Å²) in [6, 6.07) is 3.67. The zero-order valence-electron chi connectivity index (χ0n) is 7.40. The van der Waals surface area contributed by atoms with Crippen molar-refractivity contribution in [3.05, 3.63) is 24.2 Å². The molecule has 2 unspecified atom stereocenters. The average Bonchev–Trinajstić information content (AvgIpc) is 2.69. The third-order valence-electron chi connectivity index (χ3n) is 2.13. The lowest BCUT2D eigenvalue weighted by Crippen LogP contribution is -2.14. The SMILES string of the molecule is COC(=O)C1CN1Cc1ccco1. The molecule has 2 heterocycles. The number of carbonyl (C=O) groups is 1. The minimum Gasteiger partial charge on any atom is -0.468 e. The number of ether oxygens (including phenoxy) is 1. The zero-order valence-corrected chi connectivity index (χ0v) is 7.40. The van der Waals surface area contributed by atoms with E-state index in [-0.39, 0.29) is 12.0 Å². The van der Waals surface area contributed by atoms with Crippen molar-refractivity contribution in [2.24, 2.45) is 0 Å². The van der Waals surface area contributed by atoms with Crippen molar-refractivity contribution in [3.63, 3.8) is 0 Å². The molecule has 4 heteroatoms. The molecule has 0 bridgehead atoms. The second-order valence-electron chi connectivity index (χ2n) is 3.05. The molecule has 13 heavy (non-hydrogen) atoms. The number of nitrogens with zero attached hydrogens (tertiary/aromatic N) is 1. The summed E-state index contributed by atoms with van der Waals surface area (Å²) in [5.41, 5.74) is 0. The summed E-state index contributed by atoms with van der Waals surface area (Å²) < 4.78 is 9.76. The molecule has 0 amide bonds. The first-order chi connectivity index (χ1) is 6.31. The highest BCUT2D eigenvalue weighted by molar-refractivity contribution is 5.78. The van der Waals surface area contributed by atoms with E-state index in [1.54, 1.807) is 6.26 Å². The van der Waals surface area contributed by atoms with Gasteiger partial charge in [0.1, 0.15) is 11.8 Å². The van der Waals surface area contributed by atoms with Crippen molar-refractivity contribution in [2.45, 2.75) is 12.6 Å². The number of hydrogen-bond acceptors (Lipinski definition) is 4. The van der Waals surface area contributed by atoms with Crippen LogP contribution in [0.4, 0.5) is 0 Å². The number of rotatable bonds is 3. The Bertz CT molecular complexity index is 294. The fourth-order valence-corrected chi connectivity index (χ4v) is 1.31. The molecule has 1 aromatic rings. The van der Waals surface area contributed by atoms with Gasteiger partial charge in [0.25, 0.3) is 0 Å². The summed E-state index contributed by atoms with van der Waals surface area (Å²) in [7, 11) is 1.41. The maximum absolute atomic E-state index is 11.0. The van der Waals surface area contributed by atoms with E-state index in [2.05, 4.69) is 4.74 Å². The highest BCUT2D eigenvalue weighted by Crippen LogP contribution is 2.21. The van der Waals surface area contributed by atoms with Crippen LogP contribution in [-0.4, -0.2) is 30.6 Å². The highest BCUT2D eigenvalue weighted by atomic mass is 16.5. The van der Waals surface area contributed by atoms with Gasteiger partial charge in [-0.15, -0.1) is 0 Å². The lowest BCUT2D eigenvalue weighted by molar-refractivity contribution is -0.140. The van der Waals surface area contributed by atoms with E-state index in [0.717, 1.165) is 12.3 Å². The monoisotopic (exact) mass is 181 g/mol. The number of furan rings is 1. The van der Waals surface area contributed by atoms with Gasteiger partial charge in [0.15, 0.2) is 0 Å². The van der Waals surface area contributed by atoms with E-state index >= 15 is 0 Å². The van der Waals surface area contributed by atoms with Gasteiger partial charge >= 0.3 is 5.97 Å². The van der Waals surface area contributed by atoms with E-state index < -0.39 is 0 Å². The van der Waals surface area contributed by atoms with Crippen molar-refractivity contribution < 1.29 is 13.9 Å². The van der Waals surface area contributed by atoms with Crippen molar-refractivity contribution >= 4 is 5.97 Å². The Morgan fingerprint density at radius 3 is 3.31 bits per heavy atom. The molecule has 0 aromatic carbocycles. The minimum atomic E-state index is -0.161. The fourth-order valence-electron chi connectivity index (χ4n) is 1.31. The van der Waals surface area contributed by atoms with E-state index in [1.807, 2.05) is 17.0 Å². The number of methoxy groups -OCH3 is 1. The third kappa shape index (κ3) is 1.72. The Labute approximate surface area is 76.1 Å². The minimum absolute atomic E-state index is 0.0601. The van der Waals surface area contributed by atoms with Crippen molar-refractivity contribution in [2.75, 3.05) is 13.7 Å². The average molecular weight is 181 g/mol. The van der Waals surface area contributed by atoms with Crippen LogP contribution >= 0.6 is 0 Å². The van der Waals surface area contributed by atoms with E-state index in [1.165, 1.54) is 7.11 Å². The molecule has 2 rings (SSSR count). The molecule has 0 aliphatic carbocycles. The standard InChI is InChI=1S/C9H11NO3/c1-12-9(11)8-6-10(8)5-7-3-2-4-13-7/h2-4,8H,5-6H2,1H3. The number of esters is 1. The Morgan fingerprint density at radius 1 is 1.85 bits per heavy atom. The quantitative estimate of drug-likeness (QED) is 0.507. The first-order valence-electron chi connectivity index (χ1n) is 4.15. The molecule has 1 saturated heterocycles. The topological polar surface area (TPSA) is 42.5 Å². The van der Waals surface area contributed by atoms with Gasteiger partial charge in [0, 0.05) is 6.54 Å². The first kappa shape index (κ1) is 8.31. The van der Waals surface area contributed by atoms with Crippen molar-refractivity contribution in [3.8, 4) is 0 Å². The first-order valence-corrected chi connectivity index (χ1v) is 4.15. The lowest BCUT2D eigenvalue weighted by Gasteiger charge is -1.99. The van der Waals surface area contributed by atoms with Gasteiger partial charge in [0.2, 0.25) is 0 Å². The van der Waals surface area contributed by atoms with E-state index in [4.69, 9.17) is 4.42 Å². The molecule has 1 fully saturated rings. The number of carbonyl (C=O) groups excluding carboxylic acids is 1. The van der Waals surface area contributed by atoms with E-state index in [0.29, 0.717) is 6.54 Å². The van der Waals surface area contributed by atoms with Gasteiger partial charge in [-0.25, -0.2) is 0 Å². The van der Waals surface area contributed by atoms with Crippen LogP contribution in [0.3, 0.4) is 0 Å². The lowest BCUT2D eigenvalue weighted by atomic mass is 10.4. The molecule has 70 valence electrons. The van der Waals surface area contributed by atoms with Crippen LogP contribution < -0.4 is 0 Å². The molecule has 1 aliphatic heterocycles. The van der Waals surface area contributed by atoms with Crippen molar-refractivity contribution in [1.29, 1.82) is 0 Å². The van der Waals surface area contributed by atoms with Crippen LogP contribution in [0, 0.1) is 0 Å². The van der Waals surface area contributed by atoms with E-state index in [9.17, 15) is 4.79 Å². The molecular weight excluding hydrogens is 170 g/mol.